The van der Waals surface area contributed by atoms with E-state index in [0.29, 0.717) is 31.5 Å². The third-order valence-corrected chi connectivity index (χ3v) is 5.78. The van der Waals surface area contributed by atoms with Gasteiger partial charge in [0.2, 0.25) is 11.8 Å². The molecule has 2 N–H and O–H groups in total. The number of amides is 3. The van der Waals surface area contributed by atoms with E-state index in [1.54, 1.807) is 6.07 Å². The summed E-state index contributed by atoms with van der Waals surface area (Å²) in [5.41, 5.74) is 1.46. The highest BCUT2D eigenvalue weighted by molar-refractivity contribution is 5.98. The quantitative estimate of drug-likeness (QED) is 0.737. The summed E-state index contributed by atoms with van der Waals surface area (Å²) in [6.07, 6.45) is 2.22. The molecule has 1 aromatic carbocycles. The van der Waals surface area contributed by atoms with Gasteiger partial charge in [0.05, 0.1) is 0 Å². The summed E-state index contributed by atoms with van der Waals surface area (Å²) in [4.78, 5) is 40.0. The first-order chi connectivity index (χ1) is 13.7. The maximum absolute atomic E-state index is 13.0. The fraction of sp³-hybridized carbons (Fsp3) is 0.609. The van der Waals surface area contributed by atoms with Crippen LogP contribution in [0.5, 0.6) is 0 Å². The molecule has 2 unspecified atom stereocenters. The maximum atomic E-state index is 13.0. The molecule has 6 nitrogen and oxygen atoms in total. The van der Waals surface area contributed by atoms with Crippen molar-refractivity contribution in [3.8, 4) is 0 Å². The fourth-order valence-corrected chi connectivity index (χ4v) is 3.70. The summed E-state index contributed by atoms with van der Waals surface area (Å²) in [5.74, 6) is -0.254. The van der Waals surface area contributed by atoms with Gasteiger partial charge in [0.25, 0.3) is 5.91 Å². The molecule has 0 radical (unpaired) electrons. The van der Waals surface area contributed by atoms with E-state index in [0.717, 1.165) is 12.0 Å². The van der Waals surface area contributed by atoms with Gasteiger partial charge < -0.3 is 15.5 Å². The van der Waals surface area contributed by atoms with Gasteiger partial charge in [0, 0.05) is 30.6 Å². The number of piperidine rings is 1. The normalized spacial score (nSPS) is 17.0. The molecule has 0 saturated carbocycles. The van der Waals surface area contributed by atoms with Gasteiger partial charge in [-0.3, -0.25) is 14.4 Å². The van der Waals surface area contributed by atoms with Crippen LogP contribution < -0.4 is 10.6 Å². The molecule has 29 heavy (non-hydrogen) atoms. The van der Waals surface area contributed by atoms with Crippen molar-refractivity contribution >= 4 is 17.7 Å². The first-order valence-electron chi connectivity index (χ1n) is 10.7. The molecule has 2 atom stereocenters. The fourth-order valence-electron chi connectivity index (χ4n) is 3.70. The Bertz CT molecular complexity index is 724. The Morgan fingerprint density at radius 1 is 1.07 bits per heavy atom. The van der Waals surface area contributed by atoms with Crippen molar-refractivity contribution in [2.75, 3.05) is 13.1 Å². The predicted molar refractivity (Wildman–Crippen MR) is 114 cm³/mol. The summed E-state index contributed by atoms with van der Waals surface area (Å²) in [6, 6.07) is 6.82. The van der Waals surface area contributed by atoms with Gasteiger partial charge in [0.15, 0.2) is 0 Å². The molecular weight excluding hydrogens is 366 g/mol. The van der Waals surface area contributed by atoms with E-state index >= 15 is 0 Å². The lowest BCUT2D eigenvalue weighted by atomic mass is 9.87. The van der Waals surface area contributed by atoms with Crippen LogP contribution >= 0.6 is 0 Å². The van der Waals surface area contributed by atoms with Crippen molar-refractivity contribution in [2.24, 2.45) is 11.8 Å². The third-order valence-electron chi connectivity index (χ3n) is 5.78. The van der Waals surface area contributed by atoms with E-state index in [1.165, 1.54) is 0 Å². The van der Waals surface area contributed by atoms with E-state index in [2.05, 4.69) is 10.6 Å². The first-order valence-corrected chi connectivity index (χ1v) is 10.7. The SMILES string of the molecule is CCC(C)NC(=O)C(NC(=O)c1ccccc1C)C1CCN(C(=O)C(C)C)CC1. The van der Waals surface area contributed by atoms with E-state index in [1.807, 2.05) is 57.7 Å². The Hall–Kier alpha value is -2.37. The van der Waals surface area contributed by atoms with Crippen LogP contribution in [0.1, 0.15) is 62.9 Å². The van der Waals surface area contributed by atoms with Crippen LogP contribution in [0.3, 0.4) is 0 Å². The van der Waals surface area contributed by atoms with Crippen molar-refractivity contribution in [2.45, 2.75) is 66.0 Å². The number of rotatable bonds is 7. The second kappa shape index (κ2) is 10.4. The van der Waals surface area contributed by atoms with Crippen LogP contribution in [-0.2, 0) is 9.59 Å². The largest absolute Gasteiger partial charge is 0.352 e. The maximum Gasteiger partial charge on any atom is 0.252 e. The van der Waals surface area contributed by atoms with Gasteiger partial charge in [-0.25, -0.2) is 0 Å². The van der Waals surface area contributed by atoms with Gasteiger partial charge >= 0.3 is 0 Å². The summed E-state index contributed by atoms with van der Waals surface area (Å²) < 4.78 is 0. The summed E-state index contributed by atoms with van der Waals surface area (Å²) >= 11 is 0. The standard InChI is InChI=1S/C23H35N3O3/c1-6-17(5)24-22(28)20(25-21(27)19-10-8-7-9-16(19)4)18-11-13-26(14-12-18)23(29)15(2)3/h7-10,15,17-18,20H,6,11-14H2,1-5H3,(H,24,28)(H,25,27). The van der Waals surface area contributed by atoms with Crippen LogP contribution in [0.15, 0.2) is 24.3 Å². The summed E-state index contributed by atoms with van der Waals surface area (Å²) in [7, 11) is 0. The summed E-state index contributed by atoms with van der Waals surface area (Å²) in [5, 5.41) is 6.00. The number of aryl methyl sites for hydroxylation is 1. The Kier molecular flexibility index (Phi) is 8.23. The summed E-state index contributed by atoms with van der Waals surface area (Å²) in [6.45, 7) is 10.9. The highest BCUT2D eigenvalue weighted by atomic mass is 16.2. The number of hydrogen-bond acceptors (Lipinski definition) is 3. The smallest absolute Gasteiger partial charge is 0.252 e. The molecule has 6 heteroatoms. The Labute approximate surface area is 174 Å². The molecular formula is C23H35N3O3. The zero-order valence-electron chi connectivity index (χ0n) is 18.3. The molecule has 0 spiro atoms. The highest BCUT2D eigenvalue weighted by Gasteiger charge is 2.34. The van der Waals surface area contributed by atoms with E-state index in [9.17, 15) is 14.4 Å². The molecule has 1 heterocycles. The van der Waals surface area contributed by atoms with Crippen molar-refractivity contribution in [3.63, 3.8) is 0 Å². The average molecular weight is 402 g/mol. The minimum Gasteiger partial charge on any atom is -0.352 e. The Balaban J connectivity index is 2.13. The molecule has 160 valence electrons. The lowest BCUT2D eigenvalue weighted by molar-refractivity contribution is -0.136. The van der Waals surface area contributed by atoms with Crippen LogP contribution in [0, 0.1) is 18.8 Å². The number of hydrogen-bond donors (Lipinski definition) is 2. The second-order valence-electron chi connectivity index (χ2n) is 8.40. The zero-order chi connectivity index (χ0) is 21.6. The van der Waals surface area contributed by atoms with Gasteiger partial charge in [-0.1, -0.05) is 39.0 Å². The Morgan fingerprint density at radius 2 is 1.69 bits per heavy atom. The number of carbonyl (C=O) groups excluding carboxylic acids is 3. The van der Waals surface area contributed by atoms with E-state index < -0.39 is 6.04 Å². The number of benzene rings is 1. The predicted octanol–water partition coefficient (Wildman–Crippen LogP) is 2.90. The van der Waals surface area contributed by atoms with Crippen molar-refractivity contribution < 1.29 is 14.4 Å². The lowest BCUT2D eigenvalue weighted by Crippen LogP contribution is -2.55. The van der Waals surface area contributed by atoms with E-state index in [-0.39, 0.29) is 35.6 Å². The van der Waals surface area contributed by atoms with E-state index in [4.69, 9.17) is 0 Å². The van der Waals surface area contributed by atoms with Crippen LogP contribution in [0.4, 0.5) is 0 Å². The van der Waals surface area contributed by atoms with Crippen molar-refractivity contribution in [3.05, 3.63) is 35.4 Å². The molecule has 3 amide bonds. The first kappa shape index (κ1) is 22.9. The monoisotopic (exact) mass is 401 g/mol. The Morgan fingerprint density at radius 3 is 2.24 bits per heavy atom. The van der Waals surface area contributed by atoms with Gasteiger partial charge in [-0.05, 0) is 50.7 Å². The zero-order valence-corrected chi connectivity index (χ0v) is 18.3. The molecule has 2 rings (SSSR count). The van der Waals surface area contributed by atoms with Gasteiger partial charge in [-0.2, -0.15) is 0 Å². The van der Waals surface area contributed by atoms with Crippen LogP contribution in [0.25, 0.3) is 0 Å². The molecule has 0 aromatic heterocycles. The molecule has 1 fully saturated rings. The third kappa shape index (κ3) is 6.05. The topological polar surface area (TPSA) is 78.5 Å². The van der Waals surface area contributed by atoms with Crippen LogP contribution in [-0.4, -0.2) is 47.8 Å². The average Bonchev–Trinajstić information content (AvgIpc) is 2.71. The molecule has 1 aliphatic rings. The minimum absolute atomic E-state index is 0.00300. The van der Waals surface area contributed by atoms with Gasteiger partial charge in [-0.15, -0.1) is 0 Å². The number of nitrogens with zero attached hydrogens (tertiary/aromatic N) is 1. The number of nitrogens with one attached hydrogen (secondary N) is 2. The number of likely N-dealkylation sites (tertiary alicyclic amines) is 1. The molecule has 1 aromatic rings. The van der Waals surface area contributed by atoms with Gasteiger partial charge in [0.1, 0.15) is 6.04 Å². The van der Waals surface area contributed by atoms with Crippen molar-refractivity contribution in [1.29, 1.82) is 0 Å². The second-order valence-corrected chi connectivity index (χ2v) is 8.40. The molecule has 0 bridgehead atoms. The molecule has 1 aliphatic heterocycles. The number of carbonyl (C=O) groups is 3. The van der Waals surface area contributed by atoms with Crippen LogP contribution in [0.2, 0.25) is 0 Å². The highest BCUT2D eigenvalue weighted by Crippen LogP contribution is 2.23. The molecule has 0 aliphatic carbocycles. The van der Waals surface area contributed by atoms with Crippen molar-refractivity contribution in [1.82, 2.24) is 15.5 Å². The lowest BCUT2D eigenvalue weighted by Gasteiger charge is -2.36. The minimum atomic E-state index is -0.604. The molecule has 1 saturated heterocycles.